The minimum Gasteiger partial charge on any atom is -0.473 e. The summed E-state index contributed by atoms with van der Waals surface area (Å²) in [7, 11) is 1.70. The van der Waals surface area contributed by atoms with Gasteiger partial charge in [-0.05, 0) is 30.5 Å². The van der Waals surface area contributed by atoms with Crippen LogP contribution in [-0.2, 0) is 22.6 Å². The molecule has 1 N–H and O–H groups in total. The number of aliphatic imine (C=N–C) groups is 1. The molecule has 1 saturated heterocycles. The number of guanidine groups is 1. The van der Waals surface area contributed by atoms with Crippen LogP contribution in [0.25, 0.3) is 0 Å². The maximum Gasteiger partial charge on any atom is 0.213 e. The Bertz CT molecular complexity index is 807. The molecule has 2 aromatic rings. The third-order valence-electron chi connectivity index (χ3n) is 5.15. The van der Waals surface area contributed by atoms with Crippen molar-refractivity contribution in [1.29, 1.82) is 0 Å². The van der Waals surface area contributed by atoms with Crippen molar-refractivity contribution in [1.82, 2.24) is 15.2 Å². The number of methoxy groups -OCH3 is 1. The molecule has 0 bridgehead atoms. The van der Waals surface area contributed by atoms with E-state index in [9.17, 15) is 0 Å². The van der Waals surface area contributed by atoms with Crippen LogP contribution in [0.3, 0.4) is 0 Å². The van der Waals surface area contributed by atoms with Crippen LogP contribution < -0.4 is 10.1 Å². The molecule has 1 aromatic carbocycles. The molecule has 7 nitrogen and oxygen atoms in total. The highest BCUT2D eigenvalue weighted by Crippen LogP contribution is 2.18. The Morgan fingerprint density at radius 3 is 2.81 bits per heavy atom. The summed E-state index contributed by atoms with van der Waals surface area (Å²) >= 11 is 0. The first-order chi connectivity index (χ1) is 15.3. The molecule has 1 atom stereocenters. The monoisotopic (exact) mass is 554 g/mol. The number of halogens is 1. The van der Waals surface area contributed by atoms with Crippen LogP contribution in [0.1, 0.15) is 24.5 Å². The Morgan fingerprint density at radius 1 is 1.19 bits per heavy atom. The third kappa shape index (κ3) is 8.91. The van der Waals surface area contributed by atoms with Crippen LogP contribution in [0.5, 0.6) is 5.88 Å². The second kappa shape index (κ2) is 15.0. The molecule has 1 unspecified atom stereocenters. The van der Waals surface area contributed by atoms with Gasteiger partial charge in [-0.1, -0.05) is 30.3 Å². The van der Waals surface area contributed by atoms with E-state index in [0.29, 0.717) is 38.2 Å². The molecular weight excluding hydrogens is 519 g/mol. The van der Waals surface area contributed by atoms with E-state index in [4.69, 9.17) is 19.2 Å². The highest BCUT2D eigenvalue weighted by atomic mass is 127. The van der Waals surface area contributed by atoms with Crippen molar-refractivity contribution >= 4 is 29.9 Å². The van der Waals surface area contributed by atoms with E-state index in [-0.39, 0.29) is 24.0 Å². The number of benzene rings is 1. The van der Waals surface area contributed by atoms with E-state index >= 15 is 0 Å². The predicted octanol–water partition coefficient (Wildman–Crippen LogP) is 3.73. The van der Waals surface area contributed by atoms with E-state index in [1.54, 1.807) is 13.3 Å². The first kappa shape index (κ1) is 26.3. The van der Waals surface area contributed by atoms with E-state index in [0.717, 1.165) is 49.7 Å². The second-order valence-corrected chi connectivity index (χ2v) is 7.62. The Kier molecular flexibility index (Phi) is 12.4. The van der Waals surface area contributed by atoms with E-state index in [1.807, 2.05) is 42.5 Å². The number of aromatic nitrogens is 1. The van der Waals surface area contributed by atoms with Gasteiger partial charge in [0.05, 0.1) is 26.4 Å². The number of nitrogens with zero attached hydrogens (tertiary/aromatic N) is 3. The number of rotatable bonds is 11. The molecule has 1 aromatic heterocycles. The number of nitrogens with one attached hydrogen (secondary N) is 1. The molecular formula is C24H35IN4O3. The minimum absolute atomic E-state index is 0. The molecule has 1 fully saturated rings. The van der Waals surface area contributed by atoms with E-state index < -0.39 is 0 Å². The Morgan fingerprint density at radius 2 is 2.03 bits per heavy atom. The summed E-state index contributed by atoms with van der Waals surface area (Å²) in [6, 6.07) is 14.1. The first-order valence-electron chi connectivity index (χ1n) is 11.0. The van der Waals surface area contributed by atoms with Crippen LogP contribution >= 0.6 is 24.0 Å². The van der Waals surface area contributed by atoms with Gasteiger partial charge in [0.2, 0.25) is 5.88 Å². The van der Waals surface area contributed by atoms with Crippen LogP contribution in [-0.4, -0.2) is 62.4 Å². The number of hydrogen-bond acceptors (Lipinski definition) is 5. The van der Waals surface area contributed by atoms with Crippen molar-refractivity contribution in [2.75, 3.05) is 46.6 Å². The molecule has 1 aliphatic rings. The lowest BCUT2D eigenvalue weighted by Crippen LogP contribution is -2.40. The van der Waals surface area contributed by atoms with Crippen LogP contribution in [0.15, 0.2) is 53.7 Å². The molecule has 8 heteroatoms. The lowest BCUT2D eigenvalue weighted by Gasteiger charge is -2.21. The zero-order valence-corrected chi connectivity index (χ0v) is 21.4. The van der Waals surface area contributed by atoms with Crippen molar-refractivity contribution in [2.45, 2.75) is 26.5 Å². The zero-order chi connectivity index (χ0) is 21.7. The van der Waals surface area contributed by atoms with Gasteiger partial charge in [0.1, 0.15) is 6.61 Å². The average molecular weight is 554 g/mol. The fraction of sp³-hybridized carbons (Fsp3) is 0.500. The van der Waals surface area contributed by atoms with E-state index in [2.05, 4.69) is 22.1 Å². The Labute approximate surface area is 208 Å². The summed E-state index contributed by atoms with van der Waals surface area (Å²) < 4.78 is 16.6. The molecule has 0 spiro atoms. The molecule has 0 aliphatic carbocycles. The lowest BCUT2D eigenvalue weighted by molar-refractivity contribution is 0.0536. The molecule has 0 saturated carbocycles. The summed E-state index contributed by atoms with van der Waals surface area (Å²) in [5.41, 5.74) is 2.20. The summed E-state index contributed by atoms with van der Waals surface area (Å²) in [6.07, 6.45) is 2.89. The summed E-state index contributed by atoms with van der Waals surface area (Å²) in [4.78, 5) is 11.5. The van der Waals surface area contributed by atoms with Crippen molar-refractivity contribution in [3.8, 4) is 5.88 Å². The lowest BCUT2D eigenvalue weighted by atomic mass is 10.1. The first-order valence-corrected chi connectivity index (χ1v) is 11.0. The number of ether oxygens (including phenoxy) is 3. The molecule has 3 rings (SSSR count). The fourth-order valence-electron chi connectivity index (χ4n) is 3.50. The molecule has 32 heavy (non-hydrogen) atoms. The summed E-state index contributed by atoms with van der Waals surface area (Å²) in [5.74, 6) is 2.10. The van der Waals surface area contributed by atoms with Crippen LogP contribution in [0.2, 0.25) is 0 Å². The summed E-state index contributed by atoms with van der Waals surface area (Å²) in [6.45, 7) is 8.04. The largest absolute Gasteiger partial charge is 0.473 e. The normalized spacial score (nSPS) is 16.0. The highest BCUT2D eigenvalue weighted by Gasteiger charge is 2.24. The van der Waals surface area contributed by atoms with Crippen molar-refractivity contribution in [2.24, 2.45) is 10.9 Å². The average Bonchev–Trinajstić information content (AvgIpc) is 3.28. The molecule has 1 aliphatic heterocycles. The SMILES string of the molecule is CCNC(=NCc1ccnc(OCc2ccccc2)c1)N1CCC(COCCOC)C1.I. The van der Waals surface area contributed by atoms with Gasteiger partial charge in [-0.25, -0.2) is 9.98 Å². The fourth-order valence-corrected chi connectivity index (χ4v) is 3.50. The topological polar surface area (TPSA) is 68.2 Å². The van der Waals surface area contributed by atoms with Gasteiger partial charge < -0.3 is 24.4 Å². The minimum atomic E-state index is 0. The molecule has 0 radical (unpaired) electrons. The van der Waals surface area contributed by atoms with Crippen LogP contribution in [0, 0.1) is 5.92 Å². The maximum atomic E-state index is 5.85. The van der Waals surface area contributed by atoms with Gasteiger partial charge in [0, 0.05) is 44.9 Å². The van der Waals surface area contributed by atoms with Crippen molar-refractivity contribution in [3.05, 3.63) is 59.8 Å². The second-order valence-electron chi connectivity index (χ2n) is 7.62. The Hall–Kier alpha value is -1.91. The van der Waals surface area contributed by atoms with Crippen molar-refractivity contribution in [3.63, 3.8) is 0 Å². The highest BCUT2D eigenvalue weighted by molar-refractivity contribution is 14.0. The van der Waals surface area contributed by atoms with Gasteiger partial charge >= 0.3 is 0 Å². The Balaban J connectivity index is 0.00000363. The molecule has 0 amide bonds. The smallest absolute Gasteiger partial charge is 0.213 e. The van der Waals surface area contributed by atoms with Gasteiger partial charge in [-0.3, -0.25) is 0 Å². The number of likely N-dealkylation sites (tertiary alicyclic amines) is 1. The van der Waals surface area contributed by atoms with Gasteiger partial charge in [0.15, 0.2) is 5.96 Å². The maximum absolute atomic E-state index is 5.85. The molecule has 176 valence electrons. The zero-order valence-electron chi connectivity index (χ0n) is 19.0. The molecule has 2 heterocycles. The number of pyridine rings is 1. The van der Waals surface area contributed by atoms with Gasteiger partial charge in [-0.2, -0.15) is 0 Å². The quantitative estimate of drug-likeness (QED) is 0.198. The number of hydrogen-bond donors (Lipinski definition) is 1. The third-order valence-corrected chi connectivity index (χ3v) is 5.15. The summed E-state index contributed by atoms with van der Waals surface area (Å²) in [5, 5.41) is 3.42. The van der Waals surface area contributed by atoms with Gasteiger partial charge in [-0.15, -0.1) is 24.0 Å². The van der Waals surface area contributed by atoms with Gasteiger partial charge in [0.25, 0.3) is 0 Å². The van der Waals surface area contributed by atoms with E-state index in [1.165, 1.54) is 0 Å². The van der Waals surface area contributed by atoms with Crippen LogP contribution in [0.4, 0.5) is 0 Å². The standard InChI is InChI=1S/C24H34N4O3.HI/c1-3-25-24(28-12-10-22(17-28)18-30-14-13-29-2)27-16-21-9-11-26-23(15-21)31-19-20-7-5-4-6-8-20;/h4-9,11,15,22H,3,10,12-14,16-19H2,1-2H3,(H,25,27);1H. The predicted molar refractivity (Wildman–Crippen MR) is 138 cm³/mol. The van der Waals surface area contributed by atoms with Crippen molar-refractivity contribution < 1.29 is 14.2 Å².